The molecule has 0 aromatic carbocycles. The number of hydrogen-bond acceptors (Lipinski definition) is 4. The lowest BCUT2D eigenvalue weighted by Gasteiger charge is -2.03. The Morgan fingerprint density at radius 3 is 2.80 bits per heavy atom. The van der Waals surface area contributed by atoms with Gasteiger partial charge in [0.25, 0.3) is 0 Å². The van der Waals surface area contributed by atoms with Gasteiger partial charge in [0.15, 0.2) is 5.78 Å². The van der Waals surface area contributed by atoms with E-state index in [1.807, 2.05) is 0 Å². The van der Waals surface area contributed by atoms with Crippen molar-refractivity contribution in [3.8, 4) is 0 Å². The third kappa shape index (κ3) is 3.16. The molecule has 0 unspecified atom stereocenters. The molecule has 0 spiro atoms. The number of ether oxygens (including phenoxy) is 1. The summed E-state index contributed by atoms with van der Waals surface area (Å²) >= 11 is 3.14. The number of ketones is 1. The zero-order chi connectivity index (χ0) is 11.4. The zero-order valence-electron chi connectivity index (χ0n) is 8.49. The maximum atomic E-state index is 11.4. The van der Waals surface area contributed by atoms with E-state index in [0.717, 1.165) is 0 Å². The maximum Gasteiger partial charge on any atom is 0.356 e. The second-order valence-electron chi connectivity index (χ2n) is 2.93. The van der Waals surface area contributed by atoms with Crippen molar-refractivity contribution in [1.29, 1.82) is 0 Å². The van der Waals surface area contributed by atoms with Crippen LogP contribution < -0.4 is 0 Å². The lowest BCUT2D eigenvalue weighted by atomic mass is 10.4. The summed E-state index contributed by atoms with van der Waals surface area (Å²) in [5.41, 5.74) is 0.277. The van der Waals surface area contributed by atoms with E-state index >= 15 is 0 Å². The normalized spacial score (nSPS) is 10.1. The summed E-state index contributed by atoms with van der Waals surface area (Å²) in [4.78, 5) is 22.4. The molecular formula is C9H11BrN2O3. The highest BCUT2D eigenvalue weighted by Gasteiger charge is 2.16. The van der Waals surface area contributed by atoms with Gasteiger partial charge in [-0.2, -0.15) is 5.10 Å². The molecule has 0 fully saturated rings. The van der Waals surface area contributed by atoms with Crippen LogP contribution >= 0.6 is 15.9 Å². The summed E-state index contributed by atoms with van der Waals surface area (Å²) in [6, 6.07) is 1.53. The molecule has 0 radical (unpaired) electrons. The fourth-order valence-corrected chi connectivity index (χ4v) is 1.49. The van der Waals surface area contributed by atoms with Gasteiger partial charge >= 0.3 is 5.97 Å². The van der Waals surface area contributed by atoms with Gasteiger partial charge in [-0.3, -0.25) is 4.79 Å². The number of Topliss-reactive ketones (excluding diaryl/α,β-unsaturated/α-hetero) is 1. The van der Waals surface area contributed by atoms with Crippen LogP contribution in [-0.2, 0) is 16.1 Å². The van der Waals surface area contributed by atoms with Crippen molar-refractivity contribution in [3.05, 3.63) is 16.4 Å². The highest BCUT2D eigenvalue weighted by atomic mass is 79.9. The smallest absolute Gasteiger partial charge is 0.356 e. The van der Waals surface area contributed by atoms with Gasteiger partial charge in [0.05, 0.1) is 6.61 Å². The maximum absolute atomic E-state index is 11.4. The van der Waals surface area contributed by atoms with Gasteiger partial charge in [0.2, 0.25) is 0 Å². The van der Waals surface area contributed by atoms with Gasteiger partial charge < -0.3 is 4.74 Å². The molecule has 1 aromatic heterocycles. The molecule has 0 saturated carbocycles. The third-order valence-corrected chi connectivity index (χ3v) is 1.99. The minimum atomic E-state index is -0.475. The Balaban J connectivity index is 2.95. The van der Waals surface area contributed by atoms with Crippen molar-refractivity contribution in [3.63, 3.8) is 0 Å². The summed E-state index contributed by atoms with van der Waals surface area (Å²) in [6.07, 6.45) is 0. The predicted molar refractivity (Wildman–Crippen MR) is 56.6 cm³/mol. The molecular weight excluding hydrogens is 264 g/mol. The molecule has 15 heavy (non-hydrogen) atoms. The van der Waals surface area contributed by atoms with E-state index in [9.17, 15) is 9.59 Å². The standard InChI is InChI=1S/C9H11BrN2O3/c1-3-15-9(14)7-4-8(10)11-12(7)5-6(2)13/h4H,3,5H2,1-2H3. The molecule has 0 saturated heterocycles. The summed E-state index contributed by atoms with van der Waals surface area (Å²) in [6.45, 7) is 3.52. The van der Waals surface area contributed by atoms with Gasteiger partial charge in [-0.25, -0.2) is 9.48 Å². The monoisotopic (exact) mass is 274 g/mol. The van der Waals surface area contributed by atoms with Crippen LogP contribution in [0.1, 0.15) is 24.3 Å². The largest absolute Gasteiger partial charge is 0.461 e. The van der Waals surface area contributed by atoms with Crippen LogP contribution in [-0.4, -0.2) is 28.1 Å². The van der Waals surface area contributed by atoms with Crippen LogP contribution in [0.15, 0.2) is 10.7 Å². The SMILES string of the molecule is CCOC(=O)c1cc(Br)nn1CC(C)=O. The van der Waals surface area contributed by atoms with Crippen LogP contribution in [0, 0.1) is 0 Å². The van der Waals surface area contributed by atoms with E-state index in [4.69, 9.17) is 4.74 Å². The minimum absolute atomic E-state index is 0.0692. The molecule has 0 aliphatic rings. The number of esters is 1. The minimum Gasteiger partial charge on any atom is -0.461 e. The summed E-state index contributed by atoms with van der Waals surface area (Å²) < 4.78 is 6.66. The number of halogens is 1. The van der Waals surface area contributed by atoms with Crippen molar-refractivity contribution in [2.24, 2.45) is 0 Å². The summed E-state index contributed by atoms with van der Waals surface area (Å²) in [5.74, 6) is -0.548. The molecule has 0 atom stereocenters. The number of nitrogens with zero attached hydrogens (tertiary/aromatic N) is 2. The zero-order valence-corrected chi connectivity index (χ0v) is 10.1. The van der Waals surface area contributed by atoms with Gasteiger partial charge in [-0.15, -0.1) is 0 Å². The van der Waals surface area contributed by atoms with Crippen molar-refractivity contribution in [2.75, 3.05) is 6.61 Å². The molecule has 1 aromatic rings. The number of carbonyl (C=O) groups is 2. The highest BCUT2D eigenvalue weighted by Crippen LogP contribution is 2.12. The first-order chi connectivity index (χ1) is 7.04. The molecule has 0 aliphatic carbocycles. The van der Waals surface area contributed by atoms with Crippen LogP contribution in [0.3, 0.4) is 0 Å². The second kappa shape index (κ2) is 5.06. The van der Waals surface area contributed by atoms with Crippen LogP contribution in [0.2, 0.25) is 0 Å². The van der Waals surface area contributed by atoms with E-state index in [-0.39, 0.29) is 18.0 Å². The van der Waals surface area contributed by atoms with Crippen LogP contribution in [0.25, 0.3) is 0 Å². The fraction of sp³-hybridized carbons (Fsp3) is 0.444. The van der Waals surface area contributed by atoms with Crippen LogP contribution in [0.5, 0.6) is 0 Å². The number of hydrogen-bond donors (Lipinski definition) is 0. The van der Waals surface area contributed by atoms with Gasteiger partial charge in [-0.05, 0) is 29.8 Å². The Labute approximate surface area is 95.5 Å². The quantitative estimate of drug-likeness (QED) is 0.779. The lowest BCUT2D eigenvalue weighted by Crippen LogP contribution is -2.16. The Kier molecular flexibility index (Phi) is 4.02. The first kappa shape index (κ1) is 11.9. The van der Waals surface area contributed by atoms with Crippen molar-refractivity contribution in [2.45, 2.75) is 20.4 Å². The molecule has 0 N–H and O–H groups in total. The Morgan fingerprint density at radius 1 is 1.60 bits per heavy atom. The Bertz CT molecular complexity index is 387. The van der Waals surface area contributed by atoms with Crippen LogP contribution in [0.4, 0.5) is 0 Å². The second-order valence-corrected chi connectivity index (χ2v) is 3.74. The third-order valence-electron chi connectivity index (χ3n) is 1.61. The average Bonchev–Trinajstić information content (AvgIpc) is 2.46. The van der Waals surface area contributed by atoms with Crippen molar-refractivity contribution < 1.29 is 14.3 Å². The topological polar surface area (TPSA) is 61.2 Å². The molecule has 1 heterocycles. The van der Waals surface area contributed by atoms with E-state index in [0.29, 0.717) is 11.2 Å². The molecule has 0 amide bonds. The molecule has 0 aliphatic heterocycles. The van der Waals surface area contributed by atoms with E-state index < -0.39 is 5.97 Å². The molecule has 6 heteroatoms. The van der Waals surface area contributed by atoms with Gasteiger partial charge in [0.1, 0.15) is 16.8 Å². The van der Waals surface area contributed by atoms with Gasteiger partial charge in [-0.1, -0.05) is 0 Å². The molecule has 0 bridgehead atoms. The Morgan fingerprint density at radius 2 is 2.27 bits per heavy atom. The molecule has 1 rings (SSSR count). The van der Waals surface area contributed by atoms with Gasteiger partial charge in [0, 0.05) is 6.07 Å². The van der Waals surface area contributed by atoms with E-state index in [1.54, 1.807) is 6.92 Å². The molecule has 5 nitrogen and oxygen atoms in total. The fourth-order valence-electron chi connectivity index (χ4n) is 1.09. The predicted octanol–water partition coefficient (Wildman–Crippen LogP) is 1.41. The summed E-state index contributed by atoms with van der Waals surface area (Å²) in [5, 5.41) is 3.97. The summed E-state index contributed by atoms with van der Waals surface area (Å²) in [7, 11) is 0. The highest BCUT2D eigenvalue weighted by molar-refractivity contribution is 9.10. The average molecular weight is 275 g/mol. The lowest BCUT2D eigenvalue weighted by molar-refractivity contribution is -0.117. The van der Waals surface area contributed by atoms with Crippen molar-refractivity contribution in [1.82, 2.24) is 9.78 Å². The first-order valence-electron chi connectivity index (χ1n) is 4.44. The number of rotatable bonds is 4. The van der Waals surface area contributed by atoms with E-state index in [1.165, 1.54) is 17.7 Å². The number of carbonyl (C=O) groups excluding carboxylic acids is 2. The number of aromatic nitrogens is 2. The van der Waals surface area contributed by atoms with Crippen molar-refractivity contribution >= 4 is 27.7 Å². The Hall–Kier alpha value is -1.17. The first-order valence-corrected chi connectivity index (χ1v) is 5.23. The van der Waals surface area contributed by atoms with E-state index in [2.05, 4.69) is 21.0 Å². The molecule has 82 valence electrons.